The van der Waals surface area contributed by atoms with Crippen molar-refractivity contribution in [3.8, 4) is 0 Å². The Labute approximate surface area is 123 Å². The smallest absolute Gasteiger partial charge is 0.243 e. The average molecular weight is 319 g/mol. The number of hydrogen-bond donors (Lipinski definition) is 2. The highest BCUT2D eigenvalue weighted by atomic mass is 35.7. The molecule has 2 rings (SSSR count). The Hall–Kier alpha value is -0.620. The SMILES string of the molecule is Cc1ccc(C2(S(=O)(=O)Cl)C(CO)CCC2CO)cc1. The highest BCUT2D eigenvalue weighted by molar-refractivity contribution is 8.14. The number of benzene rings is 1. The fourth-order valence-electron chi connectivity index (χ4n) is 3.44. The van der Waals surface area contributed by atoms with E-state index >= 15 is 0 Å². The first kappa shape index (κ1) is 15.8. The van der Waals surface area contributed by atoms with Crippen LogP contribution in [-0.4, -0.2) is 31.8 Å². The number of aliphatic hydroxyl groups is 2. The van der Waals surface area contributed by atoms with E-state index in [4.69, 9.17) is 10.7 Å². The zero-order valence-corrected chi connectivity index (χ0v) is 12.9. The molecule has 6 heteroatoms. The lowest BCUT2D eigenvalue weighted by atomic mass is 9.82. The molecule has 2 N–H and O–H groups in total. The molecule has 0 bridgehead atoms. The first-order valence-electron chi connectivity index (χ1n) is 6.61. The largest absolute Gasteiger partial charge is 0.396 e. The topological polar surface area (TPSA) is 74.6 Å². The van der Waals surface area contributed by atoms with Crippen LogP contribution in [0.3, 0.4) is 0 Å². The number of aliphatic hydroxyl groups excluding tert-OH is 2. The van der Waals surface area contributed by atoms with E-state index in [9.17, 15) is 18.6 Å². The van der Waals surface area contributed by atoms with Crippen LogP contribution >= 0.6 is 10.7 Å². The summed E-state index contributed by atoms with van der Waals surface area (Å²) in [5.74, 6) is -0.991. The van der Waals surface area contributed by atoms with Crippen LogP contribution in [0.4, 0.5) is 0 Å². The van der Waals surface area contributed by atoms with Gasteiger partial charge in [0.25, 0.3) is 0 Å². The van der Waals surface area contributed by atoms with Crippen molar-refractivity contribution >= 4 is 19.7 Å². The van der Waals surface area contributed by atoms with Gasteiger partial charge in [0.1, 0.15) is 4.75 Å². The van der Waals surface area contributed by atoms with Gasteiger partial charge < -0.3 is 10.2 Å². The first-order chi connectivity index (χ1) is 9.37. The molecule has 1 aliphatic carbocycles. The van der Waals surface area contributed by atoms with Crippen molar-refractivity contribution in [2.75, 3.05) is 13.2 Å². The maximum Gasteiger partial charge on any atom is 0.243 e. The third kappa shape index (κ3) is 2.26. The summed E-state index contributed by atoms with van der Waals surface area (Å²) in [4.78, 5) is 0. The van der Waals surface area contributed by atoms with Crippen LogP contribution in [0.25, 0.3) is 0 Å². The van der Waals surface area contributed by atoms with Crippen LogP contribution in [0, 0.1) is 18.8 Å². The number of halogens is 1. The molecule has 1 aromatic carbocycles. The second kappa shape index (κ2) is 5.64. The number of aryl methyl sites for hydroxylation is 1. The lowest BCUT2D eigenvalue weighted by Crippen LogP contribution is -2.45. The minimum Gasteiger partial charge on any atom is -0.396 e. The van der Waals surface area contributed by atoms with Gasteiger partial charge in [0.15, 0.2) is 0 Å². The van der Waals surface area contributed by atoms with Gasteiger partial charge in [-0.15, -0.1) is 0 Å². The molecule has 2 atom stereocenters. The molecule has 1 aromatic rings. The quantitative estimate of drug-likeness (QED) is 0.830. The third-order valence-corrected chi connectivity index (χ3v) is 6.90. The Balaban J connectivity index is 2.69. The predicted molar refractivity (Wildman–Crippen MR) is 78.0 cm³/mol. The Morgan fingerprint density at radius 1 is 1.15 bits per heavy atom. The second-order valence-corrected chi connectivity index (χ2v) is 8.20. The van der Waals surface area contributed by atoms with Crippen molar-refractivity contribution in [2.45, 2.75) is 24.5 Å². The van der Waals surface area contributed by atoms with Gasteiger partial charge in [-0.25, -0.2) is 8.42 Å². The molecule has 20 heavy (non-hydrogen) atoms. The van der Waals surface area contributed by atoms with Crippen molar-refractivity contribution in [1.82, 2.24) is 0 Å². The zero-order valence-electron chi connectivity index (χ0n) is 11.3. The lowest BCUT2D eigenvalue weighted by molar-refractivity contribution is 0.159. The lowest BCUT2D eigenvalue weighted by Gasteiger charge is -2.36. The van der Waals surface area contributed by atoms with Crippen LogP contribution in [0.15, 0.2) is 24.3 Å². The van der Waals surface area contributed by atoms with Crippen LogP contribution in [0.1, 0.15) is 24.0 Å². The maximum atomic E-state index is 12.3. The average Bonchev–Trinajstić information content (AvgIpc) is 2.78. The molecule has 1 fully saturated rings. The van der Waals surface area contributed by atoms with Gasteiger partial charge >= 0.3 is 0 Å². The van der Waals surface area contributed by atoms with E-state index < -0.39 is 25.6 Å². The third-order valence-electron chi connectivity index (χ3n) is 4.42. The minimum absolute atomic E-state index is 0.268. The molecule has 0 radical (unpaired) electrons. The Morgan fingerprint density at radius 3 is 1.95 bits per heavy atom. The summed E-state index contributed by atoms with van der Waals surface area (Å²) in [7, 11) is 1.77. The van der Waals surface area contributed by atoms with Crippen LogP contribution in [0.5, 0.6) is 0 Å². The summed E-state index contributed by atoms with van der Waals surface area (Å²) in [5.41, 5.74) is 1.56. The van der Waals surface area contributed by atoms with Crippen LogP contribution in [-0.2, 0) is 13.8 Å². The molecule has 1 saturated carbocycles. The molecule has 0 amide bonds. The Morgan fingerprint density at radius 2 is 1.60 bits per heavy atom. The highest BCUT2D eigenvalue weighted by Crippen LogP contribution is 2.54. The molecule has 0 spiro atoms. The van der Waals surface area contributed by atoms with E-state index in [0.29, 0.717) is 18.4 Å². The number of hydrogen-bond acceptors (Lipinski definition) is 4. The van der Waals surface area contributed by atoms with Gasteiger partial charge in [0.2, 0.25) is 9.05 Å². The first-order valence-corrected chi connectivity index (χ1v) is 8.92. The highest BCUT2D eigenvalue weighted by Gasteiger charge is 2.59. The van der Waals surface area contributed by atoms with E-state index in [1.807, 2.05) is 19.1 Å². The summed E-state index contributed by atoms with van der Waals surface area (Å²) < 4.78 is 23.2. The molecule has 1 aliphatic rings. The van der Waals surface area contributed by atoms with Gasteiger partial charge in [0, 0.05) is 35.7 Å². The molecule has 112 valence electrons. The number of rotatable bonds is 4. The Bertz CT molecular complexity index is 555. The maximum absolute atomic E-state index is 12.3. The Kier molecular flexibility index (Phi) is 4.44. The molecule has 0 saturated heterocycles. The summed E-state index contributed by atoms with van der Waals surface area (Å²) in [6.07, 6.45) is 1.06. The molecule has 0 aliphatic heterocycles. The fourth-order valence-corrected chi connectivity index (χ4v) is 6.06. The van der Waals surface area contributed by atoms with Gasteiger partial charge in [-0.2, -0.15) is 0 Å². The van der Waals surface area contributed by atoms with Crippen LogP contribution < -0.4 is 0 Å². The summed E-state index contributed by atoms with van der Waals surface area (Å²) >= 11 is 0. The molecule has 2 unspecified atom stereocenters. The van der Waals surface area contributed by atoms with E-state index in [2.05, 4.69) is 0 Å². The van der Waals surface area contributed by atoms with Crippen molar-refractivity contribution in [3.05, 3.63) is 35.4 Å². The van der Waals surface area contributed by atoms with E-state index in [-0.39, 0.29) is 13.2 Å². The van der Waals surface area contributed by atoms with Gasteiger partial charge in [-0.05, 0) is 25.3 Å². The van der Waals surface area contributed by atoms with Crippen molar-refractivity contribution < 1.29 is 18.6 Å². The summed E-state index contributed by atoms with van der Waals surface area (Å²) in [5, 5.41) is 19.2. The zero-order chi connectivity index (χ0) is 15.0. The second-order valence-electron chi connectivity index (χ2n) is 5.43. The predicted octanol–water partition coefficient (Wildman–Crippen LogP) is 1.77. The van der Waals surface area contributed by atoms with Gasteiger partial charge in [-0.1, -0.05) is 29.8 Å². The van der Waals surface area contributed by atoms with Gasteiger partial charge in [-0.3, -0.25) is 0 Å². The summed E-state index contributed by atoms with van der Waals surface area (Å²) in [6.45, 7) is 1.38. The normalized spacial score (nSPS) is 30.6. The van der Waals surface area contributed by atoms with E-state index in [1.165, 1.54) is 0 Å². The molecule has 4 nitrogen and oxygen atoms in total. The van der Waals surface area contributed by atoms with Crippen molar-refractivity contribution in [2.24, 2.45) is 11.8 Å². The standard InChI is InChI=1S/C14H19ClO4S/c1-10-2-4-11(5-3-10)14(20(15,18)19)12(8-16)6-7-13(14)9-17/h2-5,12-13,16-17H,6-9H2,1H3. The van der Waals surface area contributed by atoms with E-state index in [1.54, 1.807) is 12.1 Å². The van der Waals surface area contributed by atoms with E-state index in [0.717, 1.165) is 5.56 Å². The summed E-state index contributed by atoms with van der Waals surface area (Å²) in [6, 6.07) is 7.10. The molecule has 0 heterocycles. The molecular formula is C14H19ClO4S. The van der Waals surface area contributed by atoms with Crippen LogP contribution in [0.2, 0.25) is 0 Å². The monoisotopic (exact) mass is 318 g/mol. The molecular weight excluding hydrogens is 300 g/mol. The minimum atomic E-state index is -4.00. The molecule has 0 aromatic heterocycles. The van der Waals surface area contributed by atoms with Gasteiger partial charge in [0.05, 0.1) is 0 Å². The fraction of sp³-hybridized carbons (Fsp3) is 0.571. The van der Waals surface area contributed by atoms with Crippen molar-refractivity contribution in [1.29, 1.82) is 0 Å². The van der Waals surface area contributed by atoms with Crippen molar-refractivity contribution in [3.63, 3.8) is 0 Å².